The number of ether oxygens (including phenoxy) is 4. The number of hydrogen-bond donors (Lipinski definition) is 1. The SMILES string of the molecule is Cc1nnc([C@H]2CO[C@H]3OCC[C@H]32)n1C1CC2CCC(C1)N2CC[C@H](NS(=O)(=O)c1ccc2c(c1)OCO2)c1ccccc1. The van der Waals surface area contributed by atoms with E-state index in [0.717, 1.165) is 62.5 Å². The number of piperidine rings is 1. The minimum Gasteiger partial charge on any atom is -0.454 e. The zero-order chi connectivity index (χ0) is 29.8. The molecule has 8 rings (SSSR count). The Labute approximate surface area is 257 Å². The van der Waals surface area contributed by atoms with Crippen molar-refractivity contribution in [2.24, 2.45) is 5.92 Å². The van der Waals surface area contributed by atoms with Gasteiger partial charge in [0.05, 0.1) is 24.0 Å². The van der Waals surface area contributed by atoms with Crippen LogP contribution < -0.4 is 14.2 Å². The van der Waals surface area contributed by atoms with E-state index in [0.29, 0.717) is 48.6 Å². The van der Waals surface area contributed by atoms with Crippen LogP contribution in [0.5, 0.6) is 11.5 Å². The second-order valence-corrected chi connectivity index (χ2v) is 14.5. The average Bonchev–Trinajstić information content (AvgIpc) is 3.85. The van der Waals surface area contributed by atoms with E-state index in [2.05, 4.69) is 31.3 Å². The van der Waals surface area contributed by atoms with Gasteiger partial charge in [0.15, 0.2) is 17.8 Å². The molecule has 0 saturated carbocycles. The number of aryl methyl sites for hydroxylation is 1. The van der Waals surface area contributed by atoms with Gasteiger partial charge < -0.3 is 23.5 Å². The van der Waals surface area contributed by atoms with Crippen LogP contribution in [0.4, 0.5) is 0 Å². The van der Waals surface area contributed by atoms with E-state index in [-0.39, 0.29) is 29.9 Å². The van der Waals surface area contributed by atoms with Crippen molar-refractivity contribution in [2.75, 3.05) is 26.6 Å². The van der Waals surface area contributed by atoms with E-state index in [1.165, 1.54) is 6.07 Å². The largest absolute Gasteiger partial charge is 0.454 e. The molecule has 0 amide bonds. The minimum absolute atomic E-state index is 0.0983. The van der Waals surface area contributed by atoms with Crippen molar-refractivity contribution in [1.82, 2.24) is 24.4 Å². The van der Waals surface area contributed by atoms with Gasteiger partial charge in [-0.05, 0) is 63.1 Å². The van der Waals surface area contributed by atoms with Crippen molar-refractivity contribution >= 4 is 10.0 Å². The molecule has 44 heavy (non-hydrogen) atoms. The molecule has 2 unspecified atom stereocenters. The second-order valence-electron chi connectivity index (χ2n) is 12.7. The fourth-order valence-corrected chi connectivity index (χ4v) is 9.47. The van der Waals surface area contributed by atoms with Gasteiger partial charge >= 0.3 is 0 Å². The lowest BCUT2D eigenvalue weighted by molar-refractivity contribution is -0.0905. The third-order valence-electron chi connectivity index (χ3n) is 10.3. The Morgan fingerprint density at radius 2 is 1.75 bits per heavy atom. The van der Waals surface area contributed by atoms with Crippen molar-refractivity contribution in [3.05, 3.63) is 65.7 Å². The predicted molar refractivity (Wildman–Crippen MR) is 160 cm³/mol. The Bertz CT molecular complexity index is 1600. The number of benzene rings is 2. The zero-order valence-electron chi connectivity index (χ0n) is 24.9. The first-order chi connectivity index (χ1) is 21.4. The van der Waals surface area contributed by atoms with Crippen LogP contribution in [0.1, 0.15) is 73.7 Å². The molecule has 11 nitrogen and oxygen atoms in total. The van der Waals surface area contributed by atoms with Crippen LogP contribution in [0.15, 0.2) is 53.4 Å². The molecule has 4 saturated heterocycles. The van der Waals surface area contributed by atoms with Crippen LogP contribution in [0.2, 0.25) is 0 Å². The van der Waals surface area contributed by atoms with Gasteiger partial charge in [0.1, 0.15) is 11.6 Å². The third-order valence-corrected chi connectivity index (χ3v) is 11.8. The maximum Gasteiger partial charge on any atom is 0.241 e. The van der Waals surface area contributed by atoms with Crippen molar-refractivity contribution in [2.45, 2.75) is 86.7 Å². The van der Waals surface area contributed by atoms with Gasteiger partial charge in [0.2, 0.25) is 16.8 Å². The molecule has 0 aliphatic carbocycles. The molecule has 4 fully saturated rings. The quantitative estimate of drug-likeness (QED) is 0.377. The average molecular weight is 622 g/mol. The molecule has 2 bridgehead atoms. The normalized spacial score (nSPS) is 30.1. The summed E-state index contributed by atoms with van der Waals surface area (Å²) < 4.78 is 55.1. The highest BCUT2D eigenvalue weighted by Gasteiger charge is 2.47. The number of fused-ring (bicyclic) bond motifs is 4. The lowest BCUT2D eigenvalue weighted by Gasteiger charge is -2.40. The minimum atomic E-state index is -3.80. The molecule has 2 aromatic carbocycles. The highest BCUT2D eigenvalue weighted by atomic mass is 32.2. The van der Waals surface area contributed by atoms with Crippen LogP contribution >= 0.6 is 0 Å². The maximum absolute atomic E-state index is 13.6. The van der Waals surface area contributed by atoms with Gasteiger partial charge in [-0.3, -0.25) is 4.90 Å². The number of nitrogens with zero attached hydrogens (tertiary/aromatic N) is 4. The molecule has 0 spiro atoms. The topological polar surface area (TPSA) is 117 Å². The molecule has 6 heterocycles. The van der Waals surface area contributed by atoms with E-state index >= 15 is 0 Å². The lowest BCUT2D eigenvalue weighted by atomic mass is 9.91. The molecular formula is C32H39N5O6S. The van der Waals surface area contributed by atoms with E-state index in [9.17, 15) is 8.42 Å². The summed E-state index contributed by atoms with van der Waals surface area (Å²) >= 11 is 0. The molecule has 6 atom stereocenters. The fraction of sp³-hybridized carbons (Fsp3) is 0.562. The summed E-state index contributed by atoms with van der Waals surface area (Å²) in [5, 5.41) is 9.21. The summed E-state index contributed by atoms with van der Waals surface area (Å²) in [5.41, 5.74) is 0.955. The highest BCUT2D eigenvalue weighted by Crippen LogP contribution is 2.46. The van der Waals surface area contributed by atoms with E-state index < -0.39 is 10.0 Å². The molecule has 5 aliphatic rings. The standard InChI is InChI=1S/C32H39N5O6S/c1-20-33-34-31(27-18-41-32-26(27)12-14-40-32)37(20)24-15-22-7-8-23(16-24)36(22)13-11-28(21-5-3-2-4-6-21)35-44(38,39)25-9-10-29-30(17-25)43-19-42-29/h2-6,9-10,17,22-24,26-28,32,35H,7-8,11-16,18-19H2,1H3/t22?,23?,24?,26-,27-,28-,32+/m0/s1. The first-order valence-corrected chi connectivity index (χ1v) is 17.3. The Balaban J connectivity index is 0.979. The Kier molecular flexibility index (Phi) is 7.37. The first kappa shape index (κ1) is 28.4. The second kappa shape index (κ2) is 11.4. The third kappa shape index (κ3) is 5.10. The number of hydrogen-bond acceptors (Lipinski definition) is 9. The Morgan fingerprint density at radius 1 is 0.955 bits per heavy atom. The van der Waals surface area contributed by atoms with Gasteiger partial charge in [-0.2, -0.15) is 0 Å². The molecule has 5 aliphatic heterocycles. The number of aromatic nitrogens is 3. The van der Waals surface area contributed by atoms with Crippen LogP contribution in [-0.4, -0.2) is 73.0 Å². The summed E-state index contributed by atoms with van der Waals surface area (Å²) in [5.74, 6) is 3.62. The molecule has 1 aromatic heterocycles. The summed E-state index contributed by atoms with van der Waals surface area (Å²) in [4.78, 5) is 2.80. The smallest absolute Gasteiger partial charge is 0.241 e. The van der Waals surface area contributed by atoms with Gasteiger partial charge in [0, 0.05) is 42.7 Å². The Morgan fingerprint density at radius 3 is 2.57 bits per heavy atom. The van der Waals surface area contributed by atoms with Gasteiger partial charge in [-0.15, -0.1) is 10.2 Å². The summed E-state index contributed by atoms with van der Waals surface area (Å²) in [7, 11) is -3.80. The summed E-state index contributed by atoms with van der Waals surface area (Å²) in [6, 6.07) is 15.5. The van der Waals surface area contributed by atoms with Crippen molar-refractivity contribution in [1.29, 1.82) is 0 Å². The number of sulfonamides is 1. The van der Waals surface area contributed by atoms with Crippen LogP contribution in [-0.2, 0) is 19.5 Å². The fourth-order valence-electron chi connectivity index (χ4n) is 8.20. The highest BCUT2D eigenvalue weighted by molar-refractivity contribution is 7.89. The molecular weight excluding hydrogens is 582 g/mol. The summed E-state index contributed by atoms with van der Waals surface area (Å²) in [6.45, 7) is 4.37. The maximum atomic E-state index is 13.6. The van der Waals surface area contributed by atoms with E-state index in [4.69, 9.17) is 18.9 Å². The van der Waals surface area contributed by atoms with E-state index in [1.807, 2.05) is 30.3 Å². The van der Waals surface area contributed by atoms with Crippen molar-refractivity contribution in [3.63, 3.8) is 0 Å². The van der Waals surface area contributed by atoms with Crippen LogP contribution in [0.3, 0.4) is 0 Å². The summed E-state index contributed by atoms with van der Waals surface area (Å²) in [6.07, 6.45) is 5.96. The number of nitrogens with one attached hydrogen (secondary N) is 1. The molecule has 1 N–H and O–H groups in total. The van der Waals surface area contributed by atoms with Crippen molar-refractivity contribution < 1.29 is 27.4 Å². The van der Waals surface area contributed by atoms with Crippen LogP contribution in [0.25, 0.3) is 0 Å². The van der Waals surface area contributed by atoms with E-state index in [1.54, 1.807) is 12.1 Å². The molecule has 12 heteroatoms. The molecule has 3 aromatic rings. The monoisotopic (exact) mass is 621 g/mol. The van der Waals surface area contributed by atoms with Gasteiger partial charge in [-0.25, -0.2) is 13.1 Å². The lowest BCUT2D eigenvalue weighted by Crippen LogP contribution is -2.45. The Hall–Kier alpha value is -3.03. The van der Waals surface area contributed by atoms with Crippen LogP contribution in [0, 0.1) is 12.8 Å². The first-order valence-electron chi connectivity index (χ1n) is 15.8. The molecule has 234 valence electrons. The van der Waals surface area contributed by atoms with Crippen molar-refractivity contribution in [3.8, 4) is 11.5 Å². The predicted octanol–water partition coefficient (Wildman–Crippen LogP) is 4.07. The van der Waals surface area contributed by atoms with Gasteiger partial charge in [0.25, 0.3) is 0 Å². The van der Waals surface area contributed by atoms with Gasteiger partial charge in [-0.1, -0.05) is 30.3 Å². The number of rotatable bonds is 9. The molecule has 0 radical (unpaired) electrons. The zero-order valence-corrected chi connectivity index (χ0v) is 25.7.